The Balaban J connectivity index is 2.30. The molecule has 88 valence electrons. The maximum atomic E-state index is 6.31. The van der Waals surface area contributed by atoms with Gasteiger partial charge in [-0.2, -0.15) is 0 Å². The molecule has 1 atom stereocenters. The summed E-state index contributed by atoms with van der Waals surface area (Å²) in [5.74, 6) is 0. The lowest BCUT2D eigenvalue weighted by atomic mass is 9.95. The molecule has 0 amide bonds. The first-order valence-corrected chi connectivity index (χ1v) is 6.12. The number of hydrogen-bond acceptors (Lipinski definition) is 1. The van der Waals surface area contributed by atoms with Crippen LogP contribution in [0.4, 0.5) is 0 Å². The van der Waals surface area contributed by atoms with Crippen molar-refractivity contribution in [3.63, 3.8) is 0 Å². The third-order valence-electron chi connectivity index (χ3n) is 3.27. The van der Waals surface area contributed by atoms with Crippen LogP contribution in [-0.2, 0) is 6.42 Å². The molecule has 0 fully saturated rings. The monoisotopic (exact) mass is 225 g/mol. The van der Waals surface area contributed by atoms with Gasteiger partial charge < -0.3 is 5.73 Å². The Morgan fingerprint density at radius 3 is 2.24 bits per heavy atom. The molecule has 2 rings (SSSR count). The van der Waals surface area contributed by atoms with Crippen molar-refractivity contribution < 1.29 is 0 Å². The van der Waals surface area contributed by atoms with Crippen molar-refractivity contribution in [1.29, 1.82) is 0 Å². The van der Waals surface area contributed by atoms with Crippen LogP contribution in [0.25, 0.3) is 0 Å². The van der Waals surface area contributed by atoms with Gasteiger partial charge in [-0.05, 0) is 35.6 Å². The molecule has 0 heterocycles. The van der Waals surface area contributed by atoms with Gasteiger partial charge >= 0.3 is 0 Å². The van der Waals surface area contributed by atoms with Crippen LogP contribution >= 0.6 is 0 Å². The molecule has 1 unspecified atom stereocenters. The fraction of sp³-hybridized carbons (Fsp3) is 0.250. The Labute approximate surface area is 103 Å². The van der Waals surface area contributed by atoms with Gasteiger partial charge in [0.25, 0.3) is 0 Å². The van der Waals surface area contributed by atoms with E-state index < -0.39 is 0 Å². The van der Waals surface area contributed by atoms with Gasteiger partial charge in [0.15, 0.2) is 0 Å². The minimum Gasteiger partial charge on any atom is -0.320 e. The van der Waals surface area contributed by atoms with E-state index in [9.17, 15) is 0 Å². The average molecular weight is 225 g/mol. The van der Waals surface area contributed by atoms with E-state index >= 15 is 0 Å². The summed E-state index contributed by atoms with van der Waals surface area (Å²) in [5, 5.41) is 0. The van der Waals surface area contributed by atoms with Crippen molar-refractivity contribution >= 4 is 0 Å². The van der Waals surface area contributed by atoms with Crippen LogP contribution in [0.1, 0.15) is 35.2 Å². The van der Waals surface area contributed by atoms with Gasteiger partial charge in [-0.3, -0.25) is 0 Å². The van der Waals surface area contributed by atoms with E-state index in [0.717, 1.165) is 6.42 Å². The van der Waals surface area contributed by atoms with Crippen molar-refractivity contribution in [3.8, 4) is 0 Å². The van der Waals surface area contributed by atoms with E-state index in [-0.39, 0.29) is 6.04 Å². The minimum atomic E-state index is -0.0258. The number of hydrogen-bond donors (Lipinski definition) is 1. The molecule has 0 bridgehead atoms. The molecular formula is C16H19N. The van der Waals surface area contributed by atoms with E-state index in [0.29, 0.717) is 0 Å². The van der Waals surface area contributed by atoms with Crippen molar-refractivity contribution in [2.75, 3.05) is 0 Å². The highest BCUT2D eigenvalue weighted by Gasteiger charge is 2.10. The van der Waals surface area contributed by atoms with Crippen molar-refractivity contribution in [1.82, 2.24) is 0 Å². The molecule has 0 aromatic heterocycles. The molecule has 0 radical (unpaired) electrons. The summed E-state index contributed by atoms with van der Waals surface area (Å²) in [5.41, 5.74) is 11.3. The maximum Gasteiger partial charge on any atom is 0.0554 e. The molecule has 2 aromatic carbocycles. The summed E-state index contributed by atoms with van der Waals surface area (Å²) in [6.07, 6.45) is 1.07. The summed E-state index contributed by atoms with van der Waals surface area (Å²) < 4.78 is 0. The van der Waals surface area contributed by atoms with Gasteiger partial charge in [0.2, 0.25) is 0 Å². The quantitative estimate of drug-likeness (QED) is 0.848. The molecule has 0 spiro atoms. The number of aryl methyl sites for hydroxylation is 2. The van der Waals surface area contributed by atoms with Crippen LogP contribution in [0.5, 0.6) is 0 Å². The average Bonchev–Trinajstić information content (AvgIpc) is 2.39. The highest BCUT2D eigenvalue weighted by Crippen LogP contribution is 2.22. The first-order chi connectivity index (χ1) is 8.22. The lowest BCUT2D eigenvalue weighted by molar-refractivity contribution is 0.860. The first kappa shape index (κ1) is 11.9. The molecule has 0 saturated carbocycles. The summed E-state index contributed by atoms with van der Waals surface area (Å²) in [6.45, 7) is 4.27. The molecule has 0 aliphatic carbocycles. The minimum absolute atomic E-state index is 0.0258. The fourth-order valence-electron chi connectivity index (χ4n) is 2.08. The molecule has 2 N–H and O–H groups in total. The van der Waals surface area contributed by atoms with Gasteiger partial charge in [0.1, 0.15) is 0 Å². The lowest BCUT2D eigenvalue weighted by Gasteiger charge is -2.15. The van der Waals surface area contributed by atoms with E-state index in [4.69, 9.17) is 5.73 Å². The molecule has 17 heavy (non-hydrogen) atoms. The number of rotatable bonds is 3. The molecule has 0 saturated heterocycles. The predicted octanol–water partition coefficient (Wildman–Crippen LogP) is 3.61. The van der Waals surface area contributed by atoms with Crippen molar-refractivity contribution in [3.05, 3.63) is 70.8 Å². The Bertz CT molecular complexity index is 485. The first-order valence-electron chi connectivity index (χ1n) is 6.12. The number of benzene rings is 2. The van der Waals surface area contributed by atoms with E-state index in [1.165, 1.54) is 22.3 Å². The second kappa shape index (κ2) is 5.15. The lowest BCUT2D eigenvalue weighted by Crippen LogP contribution is -2.13. The SMILES string of the molecule is CCc1ccc(C(N)c2ccccc2C)cc1. The topological polar surface area (TPSA) is 26.0 Å². The molecule has 2 aromatic rings. The summed E-state index contributed by atoms with van der Waals surface area (Å²) in [7, 11) is 0. The smallest absolute Gasteiger partial charge is 0.0554 e. The van der Waals surface area contributed by atoms with Crippen molar-refractivity contribution in [2.45, 2.75) is 26.3 Å². The van der Waals surface area contributed by atoms with Gasteiger partial charge in [0.05, 0.1) is 6.04 Å². The van der Waals surface area contributed by atoms with Crippen LogP contribution in [0, 0.1) is 6.92 Å². The molecular weight excluding hydrogens is 206 g/mol. The highest BCUT2D eigenvalue weighted by molar-refractivity contribution is 5.37. The van der Waals surface area contributed by atoms with Gasteiger partial charge in [0, 0.05) is 0 Å². The molecule has 1 nitrogen and oxygen atoms in total. The predicted molar refractivity (Wildman–Crippen MR) is 73.0 cm³/mol. The zero-order valence-corrected chi connectivity index (χ0v) is 10.5. The Hall–Kier alpha value is -1.60. The van der Waals surface area contributed by atoms with E-state index in [1.54, 1.807) is 0 Å². The largest absolute Gasteiger partial charge is 0.320 e. The zero-order valence-electron chi connectivity index (χ0n) is 10.5. The number of nitrogens with two attached hydrogens (primary N) is 1. The highest BCUT2D eigenvalue weighted by atomic mass is 14.6. The van der Waals surface area contributed by atoms with Crippen LogP contribution in [0.2, 0.25) is 0 Å². The summed E-state index contributed by atoms with van der Waals surface area (Å²) in [4.78, 5) is 0. The Kier molecular flexibility index (Phi) is 3.60. The van der Waals surface area contributed by atoms with E-state index in [2.05, 4.69) is 50.2 Å². The van der Waals surface area contributed by atoms with Gasteiger partial charge in [-0.15, -0.1) is 0 Å². The van der Waals surface area contributed by atoms with Crippen LogP contribution in [0.3, 0.4) is 0 Å². The van der Waals surface area contributed by atoms with Crippen LogP contribution < -0.4 is 5.73 Å². The normalized spacial score (nSPS) is 12.4. The molecule has 0 aliphatic heterocycles. The Morgan fingerprint density at radius 2 is 1.65 bits per heavy atom. The standard InChI is InChI=1S/C16H19N/c1-3-13-8-10-14(11-9-13)16(17)15-7-5-4-6-12(15)2/h4-11,16H,3,17H2,1-2H3. The van der Waals surface area contributed by atoms with Gasteiger partial charge in [-0.1, -0.05) is 55.5 Å². The third kappa shape index (κ3) is 2.56. The second-order valence-corrected chi connectivity index (χ2v) is 4.43. The van der Waals surface area contributed by atoms with E-state index in [1.807, 2.05) is 12.1 Å². The van der Waals surface area contributed by atoms with Crippen molar-refractivity contribution in [2.24, 2.45) is 5.73 Å². The Morgan fingerprint density at radius 1 is 1.00 bits per heavy atom. The summed E-state index contributed by atoms with van der Waals surface area (Å²) >= 11 is 0. The maximum absolute atomic E-state index is 6.31. The molecule has 0 aliphatic rings. The van der Waals surface area contributed by atoms with Crippen LogP contribution in [0.15, 0.2) is 48.5 Å². The fourth-order valence-corrected chi connectivity index (χ4v) is 2.08. The van der Waals surface area contributed by atoms with Gasteiger partial charge in [-0.25, -0.2) is 0 Å². The third-order valence-corrected chi connectivity index (χ3v) is 3.27. The zero-order chi connectivity index (χ0) is 12.3. The summed E-state index contributed by atoms with van der Waals surface area (Å²) in [6, 6.07) is 16.9. The second-order valence-electron chi connectivity index (χ2n) is 4.43. The van der Waals surface area contributed by atoms with Crippen LogP contribution in [-0.4, -0.2) is 0 Å². The molecule has 1 heteroatoms.